The number of nitrogens with one attached hydrogen (secondary N) is 1. The van der Waals surface area contributed by atoms with Crippen molar-refractivity contribution >= 4 is 5.91 Å². The van der Waals surface area contributed by atoms with Crippen molar-refractivity contribution in [2.45, 2.75) is 33.2 Å². The Kier molecular flexibility index (Phi) is 3.70. The second kappa shape index (κ2) is 4.65. The minimum absolute atomic E-state index is 0.245. The predicted octanol–water partition coefficient (Wildman–Crippen LogP) is 1.09. The third-order valence-corrected chi connectivity index (χ3v) is 2.96. The summed E-state index contributed by atoms with van der Waals surface area (Å²) in [5, 5.41) is 6.55. The number of amides is 1. The molecule has 1 aromatic heterocycles. The normalized spacial score (nSPS) is 14.9. The first kappa shape index (κ1) is 12.7. The zero-order valence-corrected chi connectivity index (χ0v) is 10.2. The largest absolute Gasteiger partial charge is 0.361 e. The van der Waals surface area contributed by atoms with Gasteiger partial charge in [0.05, 0.1) is 5.54 Å². The summed E-state index contributed by atoms with van der Waals surface area (Å²) >= 11 is 0. The topological polar surface area (TPSA) is 81.2 Å². The van der Waals surface area contributed by atoms with Crippen LogP contribution in [0.4, 0.5) is 0 Å². The standard InChI is InChI=1S/C11H19N3O2/c1-7(2)11(4,6-12)13-10(15)9-5-8(3)16-14-9/h5,7H,6,12H2,1-4H3,(H,13,15). The van der Waals surface area contributed by atoms with Crippen LogP contribution in [0.1, 0.15) is 37.0 Å². The zero-order chi connectivity index (χ0) is 12.3. The number of hydrogen-bond acceptors (Lipinski definition) is 4. The van der Waals surface area contributed by atoms with Gasteiger partial charge in [-0.2, -0.15) is 0 Å². The average Bonchev–Trinajstić information content (AvgIpc) is 2.64. The fourth-order valence-electron chi connectivity index (χ4n) is 1.23. The second-order valence-electron chi connectivity index (χ2n) is 4.55. The molecule has 0 fully saturated rings. The summed E-state index contributed by atoms with van der Waals surface area (Å²) in [7, 11) is 0. The van der Waals surface area contributed by atoms with Gasteiger partial charge in [-0.3, -0.25) is 4.79 Å². The summed E-state index contributed by atoms with van der Waals surface area (Å²) in [6.07, 6.45) is 0. The highest BCUT2D eigenvalue weighted by Crippen LogP contribution is 2.15. The molecule has 16 heavy (non-hydrogen) atoms. The van der Waals surface area contributed by atoms with Gasteiger partial charge >= 0.3 is 0 Å². The average molecular weight is 225 g/mol. The smallest absolute Gasteiger partial charge is 0.273 e. The van der Waals surface area contributed by atoms with Crippen molar-refractivity contribution in [3.8, 4) is 0 Å². The van der Waals surface area contributed by atoms with E-state index in [0.717, 1.165) is 0 Å². The summed E-state index contributed by atoms with van der Waals surface area (Å²) in [6.45, 7) is 8.08. The molecule has 0 aliphatic carbocycles. The summed E-state index contributed by atoms with van der Waals surface area (Å²) < 4.78 is 4.85. The van der Waals surface area contributed by atoms with Gasteiger partial charge in [0.25, 0.3) is 5.91 Å². The van der Waals surface area contributed by atoms with E-state index in [4.69, 9.17) is 10.3 Å². The molecule has 1 heterocycles. The third kappa shape index (κ3) is 2.61. The van der Waals surface area contributed by atoms with Crippen LogP contribution in [-0.4, -0.2) is 23.1 Å². The molecule has 1 atom stereocenters. The second-order valence-corrected chi connectivity index (χ2v) is 4.55. The SMILES string of the molecule is Cc1cc(C(=O)NC(C)(CN)C(C)C)no1. The summed E-state index contributed by atoms with van der Waals surface area (Å²) in [4.78, 5) is 11.8. The van der Waals surface area contributed by atoms with E-state index in [2.05, 4.69) is 10.5 Å². The maximum absolute atomic E-state index is 11.8. The first-order valence-electron chi connectivity index (χ1n) is 5.35. The van der Waals surface area contributed by atoms with Crippen LogP contribution in [0.5, 0.6) is 0 Å². The van der Waals surface area contributed by atoms with E-state index >= 15 is 0 Å². The van der Waals surface area contributed by atoms with Gasteiger partial charge in [-0.25, -0.2) is 0 Å². The van der Waals surface area contributed by atoms with Crippen LogP contribution < -0.4 is 11.1 Å². The van der Waals surface area contributed by atoms with Gasteiger partial charge in [0, 0.05) is 12.6 Å². The van der Waals surface area contributed by atoms with Gasteiger partial charge in [0.1, 0.15) is 5.76 Å². The molecule has 0 spiro atoms. The molecule has 0 saturated heterocycles. The lowest BCUT2D eigenvalue weighted by Crippen LogP contribution is -2.55. The highest BCUT2D eigenvalue weighted by molar-refractivity contribution is 5.92. The lowest BCUT2D eigenvalue weighted by molar-refractivity contribution is 0.0874. The Balaban J connectivity index is 2.77. The number of nitrogens with zero attached hydrogens (tertiary/aromatic N) is 1. The maximum atomic E-state index is 11.8. The van der Waals surface area contributed by atoms with Crippen LogP contribution in [0.15, 0.2) is 10.6 Å². The van der Waals surface area contributed by atoms with Gasteiger partial charge in [-0.05, 0) is 19.8 Å². The molecule has 5 heteroatoms. The monoisotopic (exact) mass is 225 g/mol. The Bertz CT molecular complexity index is 373. The Morgan fingerprint density at radius 1 is 1.69 bits per heavy atom. The number of carbonyl (C=O) groups excluding carboxylic acids is 1. The summed E-state index contributed by atoms with van der Waals surface area (Å²) in [5.41, 5.74) is 5.54. The fraction of sp³-hybridized carbons (Fsp3) is 0.636. The quantitative estimate of drug-likeness (QED) is 0.803. The molecule has 0 aliphatic rings. The van der Waals surface area contributed by atoms with Crippen LogP contribution in [0.25, 0.3) is 0 Å². The van der Waals surface area contributed by atoms with E-state index < -0.39 is 5.54 Å². The molecule has 3 N–H and O–H groups in total. The van der Waals surface area contributed by atoms with Crippen LogP contribution in [-0.2, 0) is 0 Å². The van der Waals surface area contributed by atoms with Crippen molar-refractivity contribution in [1.29, 1.82) is 0 Å². The molecule has 0 bridgehead atoms. The van der Waals surface area contributed by atoms with Crippen molar-refractivity contribution in [3.05, 3.63) is 17.5 Å². The van der Waals surface area contributed by atoms with Crippen molar-refractivity contribution in [1.82, 2.24) is 10.5 Å². The first-order valence-corrected chi connectivity index (χ1v) is 5.35. The minimum atomic E-state index is -0.427. The van der Waals surface area contributed by atoms with Gasteiger partial charge in [0.2, 0.25) is 0 Å². The van der Waals surface area contributed by atoms with E-state index in [-0.39, 0.29) is 17.5 Å². The molecular formula is C11H19N3O2. The van der Waals surface area contributed by atoms with Gasteiger partial charge in [-0.1, -0.05) is 19.0 Å². The Hall–Kier alpha value is -1.36. The van der Waals surface area contributed by atoms with Crippen LogP contribution in [0, 0.1) is 12.8 Å². The molecule has 0 aromatic carbocycles. The zero-order valence-electron chi connectivity index (χ0n) is 10.2. The first-order chi connectivity index (χ1) is 7.39. The number of rotatable bonds is 4. The Morgan fingerprint density at radius 2 is 2.31 bits per heavy atom. The molecule has 1 amide bonds. The molecule has 1 rings (SSSR count). The molecule has 0 radical (unpaired) electrons. The molecule has 0 saturated carbocycles. The lowest BCUT2D eigenvalue weighted by Gasteiger charge is -2.33. The fourth-order valence-corrected chi connectivity index (χ4v) is 1.23. The van der Waals surface area contributed by atoms with Gasteiger partial charge in [-0.15, -0.1) is 0 Å². The van der Waals surface area contributed by atoms with Gasteiger partial charge < -0.3 is 15.6 Å². The maximum Gasteiger partial charge on any atom is 0.273 e. The van der Waals surface area contributed by atoms with Crippen LogP contribution in [0.3, 0.4) is 0 Å². The predicted molar refractivity (Wildman–Crippen MR) is 61.0 cm³/mol. The third-order valence-electron chi connectivity index (χ3n) is 2.96. The van der Waals surface area contributed by atoms with Crippen LogP contribution >= 0.6 is 0 Å². The molecule has 1 aromatic rings. The number of nitrogens with two attached hydrogens (primary N) is 1. The van der Waals surface area contributed by atoms with Crippen molar-refractivity contribution in [2.75, 3.05) is 6.54 Å². The highest BCUT2D eigenvalue weighted by Gasteiger charge is 2.29. The molecule has 5 nitrogen and oxygen atoms in total. The number of carbonyl (C=O) groups is 1. The van der Waals surface area contributed by atoms with E-state index in [1.807, 2.05) is 20.8 Å². The molecule has 90 valence electrons. The highest BCUT2D eigenvalue weighted by atomic mass is 16.5. The summed E-state index contributed by atoms with van der Waals surface area (Å²) in [5.74, 6) is 0.608. The van der Waals surface area contributed by atoms with Crippen molar-refractivity contribution in [2.24, 2.45) is 11.7 Å². The lowest BCUT2D eigenvalue weighted by atomic mass is 9.88. The van der Waals surface area contributed by atoms with Gasteiger partial charge in [0.15, 0.2) is 5.69 Å². The number of hydrogen-bond donors (Lipinski definition) is 2. The van der Waals surface area contributed by atoms with Crippen molar-refractivity contribution in [3.63, 3.8) is 0 Å². The molecular weight excluding hydrogens is 206 g/mol. The Labute approximate surface area is 95.4 Å². The van der Waals surface area contributed by atoms with Crippen molar-refractivity contribution < 1.29 is 9.32 Å². The minimum Gasteiger partial charge on any atom is -0.361 e. The molecule has 1 unspecified atom stereocenters. The van der Waals surface area contributed by atoms with E-state index in [9.17, 15) is 4.79 Å². The van der Waals surface area contributed by atoms with E-state index in [0.29, 0.717) is 12.3 Å². The van der Waals surface area contributed by atoms with E-state index in [1.54, 1.807) is 13.0 Å². The Morgan fingerprint density at radius 3 is 2.69 bits per heavy atom. The number of aromatic nitrogens is 1. The van der Waals surface area contributed by atoms with Crippen LogP contribution in [0.2, 0.25) is 0 Å². The number of aryl methyl sites for hydroxylation is 1. The summed E-state index contributed by atoms with van der Waals surface area (Å²) in [6, 6.07) is 1.60. The molecule has 0 aliphatic heterocycles. The van der Waals surface area contributed by atoms with E-state index in [1.165, 1.54) is 0 Å².